The molecular formula is C32H36Cl3N3O4S. The van der Waals surface area contributed by atoms with Crippen molar-refractivity contribution in [2.75, 3.05) is 10.8 Å². The minimum absolute atomic E-state index is 0.0147. The van der Waals surface area contributed by atoms with E-state index < -0.39 is 28.5 Å². The van der Waals surface area contributed by atoms with E-state index in [1.165, 1.54) is 17.0 Å². The van der Waals surface area contributed by atoms with Gasteiger partial charge in [0.1, 0.15) is 12.6 Å². The van der Waals surface area contributed by atoms with Crippen molar-refractivity contribution >= 4 is 62.3 Å². The summed E-state index contributed by atoms with van der Waals surface area (Å²) in [6.45, 7) is 2.96. The van der Waals surface area contributed by atoms with Crippen LogP contribution in [0.5, 0.6) is 0 Å². The lowest BCUT2D eigenvalue weighted by molar-refractivity contribution is -0.140. The number of halogens is 3. The molecule has 1 unspecified atom stereocenters. The lowest BCUT2D eigenvalue weighted by Gasteiger charge is -2.35. The molecule has 1 N–H and O–H groups in total. The number of sulfonamides is 1. The van der Waals surface area contributed by atoms with Gasteiger partial charge in [-0.2, -0.15) is 0 Å². The molecule has 0 heterocycles. The molecule has 1 aliphatic rings. The van der Waals surface area contributed by atoms with Crippen LogP contribution in [0.25, 0.3) is 0 Å². The number of nitrogens with one attached hydrogen (secondary N) is 1. The standard InChI is InChI=1S/C32H36Cl3N3O4S/c1-3-29(32(40)36-25-11-6-4-7-12-25)37(20-23-17-18-24(33)19-28(23)35)31(39)21-38(30-16-10-15-27(34)22(30)2)43(41,42)26-13-8-5-9-14-26/h5,8-10,13-19,25,29H,3-4,6-7,11-12,20-21H2,1-2H3,(H,36,40). The highest BCUT2D eigenvalue weighted by atomic mass is 35.5. The Morgan fingerprint density at radius 1 is 0.930 bits per heavy atom. The van der Waals surface area contributed by atoms with Crippen LogP contribution in [0.15, 0.2) is 71.6 Å². The highest BCUT2D eigenvalue weighted by Crippen LogP contribution is 2.32. The predicted molar refractivity (Wildman–Crippen MR) is 173 cm³/mol. The monoisotopic (exact) mass is 663 g/mol. The third kappa shape index (κ3) is 8.04. The molecule has 43 heavy (non-hydrogen) atoms. The van der Waals surface area contributed by atoms with Gasteiger partial charge in [-0.05, 0) is 73.7 Å². The maximum absolute atomic E-state index is 14.3. The van der Waals surface area contributed by atoms with Gasteiger partial charge < -0.3 is 10.2 Å². The van der Waals surface area contributed by atoms with Crippen LogP contribution in [-0.2, 0) is 26.2 Å². The van der Waals surface area contributed by atoms with Gasteiger partial charge in [0.15, 0.2) is 0 Å². The molecule has 0 bridgehead atoms. The van der Waals surface area contributed by atoms with Crippen LogP contribution in [-0.4, -0.2) is 43.8 Å². The Kier molecular flexibility index (Phi) is 11.4. The Morgan fingerprint density at radius 3 is 2.28 bits per heavy atom. The fourth-order valence-corrected chi connectivity index (χ4v) is 7.53. The topological polar surface area (TPSA) is 86.8 Å². The molecule has 7 nitrogen and oxygen atoms in total. The van der Waals surface area contributed by atoms with E-state index in [9.17, 15) is 18.0 Å². The summed E-state index contributed by atoms with van der Waals surface area (Å²) in [5.74, 6) is -0.834. The van der Waals surface area contributed by atoms with Gasteiger partial charge in [0.2, 0.25) is 11.8 Å². The van der Waals surface area contributed by atoms with Crippen LogP contribution in [0.1, 0.15) is 56.6 Å². The number of benzene rings is 3. The van der Waals surface area contributed by atoms with Crippen LogP contribution in [0.4, 0.5) is 5.69 Å². The number of anilines is 1. The van der Waals surface area contributed by atoms with Gasteiger partial charge in [-0.15, -0.1) is 0 Å². The number of carbonyl (C=O) groups is 2. The van der Waals surface area contributed by atoms with Gasteiger partial charge in [0, 0.05) is 27.7 Å². The van der Waals surface area contributed by atoms with Crippen molar-refractivity contribution in [3.8, 4) is 0 Å². The van der Waals surface area contributed by atoms with Gasteiger partial charge >= 0.3 is 0 Å². The third-order valence-corrected chi connectivity index (χ3v) is 10.6. The maximum Gasteiger partial charge on any atom is 0.264 e. The van der Waals surface area contributed by atoms with Gasteiger partial charge in [-0.25, -0.2) is 8.42 Å². The normalized spacial score (nSPS) is 14.6. The second kappa shape index (κ2) is 14.8. The van der Waals surface area contributed by atoms with E-state index in [2.05, 4.69) is 5.32 Å². The summed E-state index contributed by atoms with van der Waals surface area (Å²) in [7, 11) is -4.20. The van der Waals surface area contributed by atoms with Crippen LogP contribution in [0, 0.1) is 6.92 Å². The Labute approximate surface area is 269 Å². The van der Waals surface area contributed by atoms with Gasteiger partial charge in [-0.3, -0.25) is 13.9 Å². The summed E-state index contributed by atoms with van der Waals surface area (Å²) in [6.07, 6.45) is 5.30. The zero-order chi connectivity index (χ0) is 31.1. The molecule has 3 aromatic rings. The molecule has 1 atom stereocenters. The average Bonchev–Trinajstić information content (AvgIpc) is 2.99. The lowest BCUT2D eigenvalue weighted by Crippen LogP contribution is -2.54. The van der Waals surface area contributed by atoms with E-state index in [1.54, 1.807) is 61.5 Å². The summed E-state index contributed by atoms with van der Waals surface area (Å²) in [4.78, 5) is 29.4. The lowest BCUT2D eigenvalue weighted by atomic mass is 9.95. The second-order valence-corrected chi connectivity index (χ2v) is 13.8. The first-order chi connectivity index (χ1) is 20.5. The van der Waals surface area contributed by atoms with Crippen molar-refractivity contribution in [2.45, 2.75) is 75.9 Å². The van der Waals surface area contributed by atoms with Crippen LogP contribution in [0.3, 0.4) is 0 Å². The average molecular weight is 665 g/mol. The number of hydrogen-bond acceptors (Lipinski definition) is 4. The van der Waals surface area contributed by atoms with Crippen molar-refractivity contribution in [3.05, 3.63) is 92.9 Å². The summed E-state index contributed by atoms with van der Waals surface area (Å²) in [5, 5.41) is 4.27. The fourth-order valence-electron chi connectivity index (χ4n) is 5.40. The minimum atomic E-state index is -4.20. The highest BCUT2D eigenvalue weighted by Gasteiger charge is 2.35. The van der Waals surface area contributed by atoms with E-state index in [-0.39, 0.29) is 29.1 Å². The van der Waals surface area contributed by atoms with Gasteiger partial charge in [-0.1, -0.05) is 91.3 Å². The van der Waals surface area contributed by atoms with Crippen LogP contribution in [0.2, 0.25) is 15.1 Å². The van der Waals surface area contributed by atoms with Crippen LogP contribution >= 0.6 is 34.8 Å². The largest absolute Gasteiger partial charge is 0.352 e. The first-order valence-corrected chi connectivity index (χ1v) is 17.0. The molecule has 0 aromatic heterocycles. The van der Waals surface area contributed by atoms with Crippen molar-refractivity contribution in [1.82, 2.24) is 10.2 Å². The Morgan fingerprint density at radius 2 is 1.63 bits per heavy atom. The molecule has 1 aliphatic carbocycles. The molecular weight excluding hydrogens is 629 g/mol. The number of nitrogens with zero attached hydrogens (tertiary/aromatic N) is 2. The minimum Gasteiger partial charge on any atom is -0.352 e. The molecule has 0 saturated heterocycles. The maximum atomic E-state index is 14.3. The SMILES string of the molecule is CCC(C(=O)NC1CCCCC1)N(Cc1ccc(Cl)cc1Cl)C(=O)CN(c1cccc(Cl)c1C)S(=O)(=O)c1ccccc1. The molecule has 1 fully saturated rings. The molecule has 0 spiro atoms. The molecule has 1 saturated carbocycles. The van der Waals surface area contributed by atoms with Gasteiger partial charge in [0.05, 0.1) is 10.6 Å². The zero-order valence-electron chi connectivity index (χ0n) is 24.2. The van der Waals surface area contributed by atoms with E-state index in [0.717, 1.165) is 36.4 Å². The third-order valence-electron chi connectivity index (χ3n) is 7.81. The predicted octanol–water partition coefficient (Wildman–Crippen LogP) is 7.41. The van der Waals surface area contributed by atoms with E-state index >= 15 is 0 Å². The second-order valence-electron chi connectivity index (χ2n) is 10.7. The fraction of sp³-hybridized carbons (Fsp3) is 0.375. The highest BCUT2D eigenvalue weighted by molar-refractivity contribution is 7.92. The van der Waals surface area contributed by atoms with E-state index in [1.807, 2.05) is 6.92 Å². The Balaban J connectivity index is 1.75. The molecule has 0 radical (unpaired) electrons. The number of rotatable bonds is 11. The Bertz CT molecular complexity index is 1550. The molecule has 11 heteroatoms. The first kappa shape index (κ1) is 33.1. The van der Waals surface area contributed by atoms with Crippen molar-refractivity contribution < 1.29 is 18.0 Å². The summed E-state index contributed by atoms with van der Waals surface area (Å²) in [5.41, 5.74) is 1.36. The summed E-state index contributed by atoms with van der Waals surface area (Å²) in [6, 6.07) is 16.9. The summed E-state index contributed by atoms with van der Waals surface area (Å²) >= 11 is 19.0. The molecule has 2 amide bonds. The van der Waals surface area contributed by atoms with E-state index in [4.69, 9.17) is 34.8 Å². The van der Waals surface area contributed by atoms with Crippen molar-refractivity contribution in [2.24, 2.45) is 0 Å². The number of hydrogen-bond donors (Lipinski definition) is 1. The molecule has 4 rings (SSSR count). The molecule has 0 aliphatic heterocycles. The van der Waals surface area contributed by atoms with E-state index in [0.29, 0.717) is 32.6 Å². The quantitative estimate of drug-likeness (QED) is 0.231. The smallest absolute Gasteiger partial charge is 0.264 e. The first-order valence-electron chi connectivity index (χ1n) is 14.4. The van der Waals surface area contributed by atoms with Crippen molar-refractivity contribution in [1.29, 1.82) is 0 Å². The number of amides is 2. The Hall–Kier alpha value is -2.78. The van der Waals surface area contributed by atoms with Crippen LogP contribution < -0.4 is 9.62 Å². The van der Waals surface area contributed by atoms with Crippen molar-refractivity contribution in [3.63, 3.8) is 0 Å². The van der Waals surface area contributed by atoms with Gasteiger partial charge in [0.25, 0.3) is 10.0 Å². The summed E-state index contributed by atoms with van der Waals surface area (Å²) < 4.78 is 29.1. The molecule has 230 valence electrons. The number of carbonyl (C=O) groups excluding carboxylic acids is 2. The zero-order valence-corrected chi connectivity index (χ0v) is 27.3. The molecule has 3 aromatic carbocycles.